The zero-order valence-electron chi connectivity index (χ0n) is 5.04. The Bertz CT molecular complexity index is 118. The first-order valence-corrected chi connectivity index (χ1v) is 3.22. The fraction of sp³-hybridized carbons (Fsp3) is 0.667. The lowest BCUT2D eigenvalue weighted by molar-refractivity contribution is -0.0355. The normalized spacial score (nSPS) is 10.4. The maximum atomic E-state index is 8.78. The summed E-state index contributed by atoms with van der Waals surface area (Å²) in [4.78, 5) is 8.78. The molecule has 0 radical (unpaired) electrons. The van der Waals surface area contributed by atoms with Crippen molar-refractivity contribution >= 4 is 40.9 Å². The molecule has 5 nitrogen and oxygen atoms in total. The van der Waals surface area contributed by atoms with E-state index in [-0.39, 0.29) is 0 Å². The molecule has 0 rings (SSSR count). The van der Waals surface area contributed by atoms with Crippen LogP contribution in [0.3, 0.4) is 0 Å². The molecule has 0 spiro atoms. The topological polar surface area (TPSA) is 104 Å². The largest absolute Gasteiger partial charge is 0.465 e. The Morgan fingerprint density at radius 1 is 1.36 bits per heavy atom. The number of amides is 1. The summed E-state index contributed by atoms with van der Waals surface area (Å²) in [5.41, 5.74) is 4.03. The molecule has 0 aliphatic carbocycles. The number of aliphatic hydroxyl groups excluding tert-OH is 1. The molecule has 0 saturated heterocycles. The minimum atomic E-state index is -1.97. The Morgan fingerprint density at radius 2 is 1.45 bits per heavy atom. The van der Waals surface area contributed by atoms with E-state index in [9.17, 15) is 0 Å². The summed E-state index contributed by atoms with van der Waals surface area (Å²) < 4.78 is -1.97. The predicted octanol–water partition coefficient (Wildman–Crippen LogP) is 0.290. The summed E-state index contributed by atoms with van der Waals surface area (Å²) in [5.74, 6) is 0. The molecule has 0 unspecified atom stereocenters. The smallest absolute Gasteiger partial charge is 0.402 e. The van der Waals surface area contributed by atoms with Crippen molar-refractivity contribution in [1.82, 2.24) is 0 Å². The summed E-state index contributed by atoms with van der Waals surface area (Å²) in [5, 5.41) is 23.3. The van der Waals surface area contributed by atoms with Crippen LogP contribution in [0, 0.1) is 0 Å². The number of aliphatic hydroxyl groups is 2. The van der Waals surface area contributed by atoms with Gasteiger partial charge in [0.2, 0.25) is 3.79 Å². The van der Waals surface area contributed by atoms with Crippen LogP contribution in [0.5, 0.6) is 0 Å². The maximum absolute atomic E-state index is 8.78. The lowest BCUT2D eigenvalue weighted by Gasteiger charge is -2.10. The number of primary amides is 1. The van der Waals surface area contributed by atoms with Gasteiger partial charge in [0.25, 0.3) is 0 Å². The van der Waals surface area contributed by atoms with Gasteiger partial charge in [-0.1, -0.05) is 34.8 Å². The van der Waals surface area contributed by atoms with Crippen LogP contribution in [-0.4, -0.2) is 31.5 Å². The van der Waals surface area contributed by atoms with Gasteiger partial charge in [0.1, 0.15) is 0 Å². The van der Waals surface area contributed by atoms with Crippen LogP contribution < -0.4 is 5.73 Å². The predicted molar refractivity (Wildman–Crippen MR) is 40.7 cm³/mol. The number of rotatable bonds is 0. The van der Waals surface area contributed by atoms with Crippen molar-refractivity contribution in [3.8, 4) is 0 Å². The van der Waals surface area contributed by atoms with Crippen LogP contribution in [0.15, 0.2) is 0 Å². The standard InChI is InChI=1S/C2H3Cl3O2.CH3NO2/c3-2(4,5)1(6)7;2-1(3)4/h1,6-7H;2H2,(H,3,4). The number of nitrogens with two attached hydrogens (primary N) is 1. The molecule has 68 valence electrons. The molecule has 0 aromatic rings. The molecule has 5 N–H and O–H groups in total. The maximum Gasteiger partial charge on any atom is 0.402 e. The van der Waals surface area contributed by atoms with Gasteiger partial charge in [0, 0.05) is 0 Å². The molecule has 0 aliphatic heterocycles. The third kappa shape index (κ3) is 17.8. The molecule has 0 fully saturated rings. The van der Waals surface area contributed by atoms with Gasteiger partial charge < -0.3 is 21.1 Å². The average Bonchev–Trinajstić information content (AvgIpc) is 1.59. The van der Waals surface area contributed by atoms with E-state index < -0.39 is 16.2 Å². The van der Waals surface area contributed by atoms with Crippen LogP contribution >= 0.6 is 34.8 Å². The van der Waals surface area contributed by atoms with Crippen LogP contribution in [0.4, 0.5) is 4.79 Å². The Labute approximate surface area is 77.3 Å². The number of hydrogen-bond acceptors (Lipinski definition) is 3. The second-order valence-corrected chi connectivity index (χ2v) is 3.62. The van der Waals surface area contributed by atoms with Crippen molar-refractivity contribution in [3.05, 3.63) is 0 Å². The van der Waals surface area contributed by atoms with Crippen molar-refractivity contribution < 1.29 is 20.1 Å². The molecule has 0 heterocycles. The summed E-state index contributed by atoms with van der Waals surface area (Å²) >= 11 is 14.7. The molecule has 0 bridgehead atoms. The number of carbonyl (C=O) groups is 1. The monoisotopic (exact) mass is 225 g/mol. The lowest BCUT2D eigenvalue weighted by atomic mass is 10.8. The minimum Gasteiger partial charge on any atom is -0.465 e. The van der Waals surface area contributed by atoms with Gasteiger partial charge in [0.05, 0.1) is 0 Å². The third-order valence-corrected chi connectivity index (χ3v) is 0.878. The van der Waals surface area contributed by atoms with Crippen LogP contribution in [0.25, 0.3) is 0 Å². The highest BCUT2D eigenvalue weighted by Crippen LogP contribution is 2.28. The first-order valence-electron chi connectivity index (χ1n) is 2.09. The Balaban J connectivity index is 0. The van der Waals surface area contributed by atoms with Gasteiger partial charge in [-0.05, 0) is 0 Å². The van der Waals surface area contributed by atoms with Crippen molar-refractivity contribution in [2.75, 3.05) is 0 Å². The van der Waals surface area contributed by atoms with Crippen LogP contribution in [-0.2, 0) is 0 Å². The van der Waals surface area contributed by atoms with Gasteiger partial charge in [0.15, 0.2) is 6.29 Å². The number of hydrogen-bond donors (Lipinski definition) is 4. The third-order valence-electron chi connectivity index (χ3n) is 0.293. The van der Waals surface area contributed by atoms with Crippen LogP contribution in [0.2, 0.25) is 0 Å². The molecular weight excluding hydrogens is 220 g/mol. The molecule has 8 heteroatoms. The lowest BCUT2D eigenvalue weighted by Crippen LogP contribution is -2.23. The molecular formula is C3H6Cl3NO4. The molecule has 11 heavy (non-hydrogen) atoms. The summed E-state index contributed by atoms with van der Waals surface area (Å²) in [6.45, 7) is 0. The number of halogens is 3. The second-order valence-electron chi connectivity index (χ2n) is 1.25. The molecule has 0 aliphatic rings. The summed E-state index contributed by atoms with van der Waals surface area (Å²) in [6, 6.07) is 0. The number of carboxylic acid groups (broad SMARTS) is 1. The van der Waals surface area contributed by atoms with E-state index in [1.165, 1.54) is 0 Å². The second kappa shape index (κ2) is 5.68. The molecule has 0 aromatic heterocycles. The Hall–Kier alpha value is 0.0600. The Kier molecular flexibility index (Phi) is 7.04. The van der Waals surface area contributed by atoms with Crippen molar-refractivity contribution in [2.24, 2.45) is 5.73 Å². The minimum absolute atomic E-state index is 1.33. The van der Waals surface area contributed by atoms with Gasteiger partial charge in [-0.3, -0.25) is 0 Å². The van der Waals surface area contributed by atoms with E-state index in [0.29, 0.717) is 0 Å². The van der Waals surface area contributed by atoms with E-state index in [4.69, 9.17) is 54.9 Å². The highest BCUT2D eigenvalue weighted by atomic mass is 35.6. The SMILES string of the molecule is NC(=O)O.OC(O)C(Cl)(Cl)Cl. The van der Waals surface area contributed by atoms with E-state index in [1.807, 2.05) is 0 Å². The van der Waals surface area contributed by atoms with Gasteiger partial charge >= 0.3 is 6.09 Å². The molecule has 0 aromatic carbocycles. The van der Waals surface area contributed by atoms with E-state index in [0.717, 1.165) is 0 Å². The fourth-order valence-electron chi connectivity index (χ4n) is 0. The van der Waals surface area contributed by atoms with E-state index >= 15 is 0 Å². The highest BCUT2D eigenvalue weighted by molar-refractivity contribution is 6.67. The van der Waals surface area contributed by atoms with Gasteiger partial charge in [-0.15, -0.1) is 0 Å². The highest BCUT2D eigenvalue weighted by Gasteiger charge is 2.28. The first-order chi connectivity index (χ1) is 4.68. The number of alkyl halides is 3. The molecule has 1 amide bonds. The van der Waals surface area contributed by atoms with Crippen molar-refractivity contribution in [2.45, 2.75) is 10.1 Å². The van der Waals surface area contributed by atoms with Crippen LogP contribution in [0.1, 0.15) is 0 Å². The van der Waals surface area contributed by atoms with E-state index in [1.54, 1.807) is 0 Å². The quantitative estimate of drug-likeness (QED) is 0.352. The summed E-state index contributed by atoms with van der Waals surface area (Å²) in [6.07, 6.45) is -3.24. The molecule has 0 atom stereocenters. The van der Waals surface area contributed by atoms with E-state index in [2.05, 4.69) is 5.73 Å². The van der Waals surface area contributed by atoms with Crippen molar-refractivity contribution in [1.29, 1.82) is 0 Å². The zero-order chi connectivity index (χ0) is 9.65. The van der Waals surface area contributed by atoms with Gasteiger partial charge in [-0.25, -0.2) is 4.79 Å². The fourth-order valence-corrected chi connectivity index (χ4v) is 0. The Morgan fingerprint density at radius 3 is 1.45 bits per heavy atom. The van der Waals surface area contributed by atoms with Gasteiger partial charge in [-0.2, -0.15) is 0 Å². The summed E-state index contributed by atoms with van der Waals surface area (Å²) in [7, 11) is 0. The zero-order valence-corrected chi connectivity index (χ0v) is 7.31. The molecule has 0 saturated carbocycles. The van der Waals surface area contributed by atoms with Crippen molar-refractivity contribution in [3.63, 3.8) is 0 Å². The first kappa shape index (κ1) is 13.6. The average molecular weight is 226 g/mol.